The van der Waals surface area contributed by atoms with Crippen molar-refractivity contribution in [1.29, 1.82) is 5.41 Å². The van der Waals surface area contributed by atoms with Crippen LogP contribution < -0.4 is 9.64 Å². The van der Waals surface area contributed by atoms with Crippen LogP contribution in [0.5, 0.6) is 5.75 Å². The molecule has 1 atom stereocenters. The third-order valence-electron chi connectivity index (χ3n) is 7.12. The number of aliphatic hydroxyl groups is 1. The zero-order chi connectivity index (χ0) is 27.2. The van der Waals surface area contributed by atoms with E-state index in [1.54, 1.807) is 42.3 Å². The number of nitrogens with zero attached hydrogens (tertiary/aromatic N) is 1. The van der Waals surface area contributed by atoms with Crippen LogP contribution in [0.2, 0.25) is 5.02 Å². The molecular weight excluding hydrogens is 564 g/mol. The zero-order valence-corrected chi connectivity index (χ0v) is 23.7. The molecule has 194 valence electrons. The monoisotopic (exact) mass is 590 g/mol. The summed E-state index contributed by atoms with van der Waals surface area (Å²) < 4.78 is 6.14. The maximum absolute atomic E-state index is 13.9. The Hall–Kier alpha value is -3.35. The number of allylic oxidation sites excluding steroid dienone is 2. The first-order chi connectivity index (χ1) is 18.1. The van der Waals surface area contributed by atoms with Crippen LogP contribution in [0.3, 0.4) is 0 Å². The van der Waals surface area contributed by atoms with Crippen molar-refractivity contribution >= 4 is 50.6 Å². The number of methoxy groups -OCH3 is 1. The summed E-state index contributed by atoms with van der Waals surface area (Å²) in [5.74, 6) is -0.0234. The van der Waals surface area contributed by atoms with Gasteiger partial charge in [-0.3, -0.25) is 15.1 Å². The molecule has 1 aliphatic carbocycles. The molecule has 0 saturated carbocycles. The number of ketones is 1. The summed E-state index contributed by atoms with van der Waals surface area (Å²) in [7, 11) is 1.58. The molecule has 0 aromatic heterocycles. The van der Waals surface area contributed by atoms with Gasteiger partial charge in [-0.1, -0.05) is 65.6 Å². The van der Waals surface area contributed by atoms with Gasteiger partial charge in [0.2, 0.25) is 0 Å². The summed E-state index contributed by atoms with van der Waals surface area (Å²) in [6.45, 7) is 4.14. The minimum absolute atomic E-state index is 0.00584. The molecule has 0 bridgehead atoms. The smallest absolute Gasteiger partial charge is 0.162 e. The van der Waals surface area contributed by atoms with E-state index < -0.39 is 5.92 Å². The Balaban J connectivity index is 1.86. The molecule has 3 aromatic rings. The number of hydrogen-bond acceptors (Lipinski definition) is 4. The van der Waals surface area contributed by atoms with Crippen LogP contribution >= 0.6 is 27.5 Å². The van der Waals surface area contributed by atoms with E-state index in [0.717, 1.165) is 15.9 Å². The van der Waals surface area contributed by atoms with Gasteiger partial charge in [-0.25, -0.2) is 0 Å². The lowest BCUT2D eigenvalue weighted by molar-refractivity contribution is -0.118. The number of ether oxygens (including phenoxy) is 1. The number of rotatable bonds is 4. The number of nitrogens with one attached hydrogen (secondary N) is 1. The van der Waals surface area contributed by atoms with Crippen LogP contribution in [-0.4, -0.2) is 23.8 Å². The van der Waals surface area contributed by atoms with Crippen molar-refractivity contribution in [3.63, 3.8) is 0 Å². The molecule has 0 saturated heterocycles. The first-order valence-electron chi connectivity index (χ1n) is 12.3. The second kappa shape index (κ2) is 10.1. The van der Waals surface area contributed by atoms with Crippen molar-refractivity contribution in [3.8, 4) is 5.75 Å². The maximum atomic E-state index is 13.9. The predicted octanol–water partition coefficient (Wildman–Crippen LogP) is 8.30. The number of carbonyl (C=O) groups is 1. The molecule has 0 radical (unpaired) electrons. The van der Waals surface area contributed by atoms with Gasteiger partial charge < -0.3 is 9.84 Å². The lowest BCUT2D eigenvalue weighted by Crippen LogP contribution is -2.45. The Morgan fingerprint density at radius 2 is 1.79 bits per heavy atom. The van der Waals surface area contributed by atoms with Gasteiger partial charge in [-0.05, 0) is 65.9 Å². The molecule has 2 N–H and O–H groups in total. The molecule has 38 heavy (non-hydrogen) atoms. The number of Topliss-reactive ketones (excluding diaryl/α,β-unsaturated/α-hetero) is 1. The molecular formula is C31H28BrClN2O3. The summed E-state index contributed by atoms with van der Waals surface area (Å²) in [5.41, 5.74) is 3.32. The Morgan fingerprint density at radius 1 is 1.08 bits per heavy atom. The Labute approximate surface area is 236 Å². The van der Waals surface area contributed by atoms with Gasteiger partial charge in [-0.15, -0.1) is 0 Å². The lowest BCUT2D eigenvalue weighted by atomic mass is 9.67. The molecule has 0 amide bonds. The first kappa shape index (κ1) is 26.3. The highest BCUT2D eigenvalue weighted by molar-refractivity contribution is 9.10. The third kappa shape index (κ3) is 4.67. The number of aliphatic hydroxyl groups excluding tert-OH is 1. The number of halogens is 2. The Bertz CT molecular complexity index is 1510. The molecule has 7 heteroatoms. The lowest BCUT2D eigenvalue weighted by Gasteiger charge is -2.45. The maximum Gasteiger partial charge on any atom is 0.162 e. The fraction of sp³-hybridized carbons (Fsp3) is 0.226. The molecule has 2 aliphatic rings. The molecule has 5 rings (SSSR count). The second-order valence-electron chi connectivity index (χ2n) is 10.4. The summed E-state index contributed by atoms with van der Waals surface area (Å²) in [5, 5.41) is 21.8. The average molecular weight is 592 g/mol. The summed E-state index contributed by atoms with van der Waals surface area (Å²) >= 11 is 10.3. The number of amidine groups is 1. The van der Waals surface area contributed by atoms with Gasteiger partial charge in [-0.2, -0.15) is 0 Å². The molecule has 3 aromatic carbocycles. The molecule has 0 spiro atoms. The molecule has 1 unspecified atom stereocenters. The number of hydrogen-bond donors (Lipinski definition) is 2. The van der Waals surface area contributed by atoms with Gasteiger partial charge in [0.05, 0.1) is 7.11 Å². The minimum atomic E-state index is -0.694. The van der Waals surface area contributed by atoms with E-state index in [-0.39, 0.29) is 22.8 Å². The van der Waals surface area contributed by atoms with Crippen LogP contribution in [0.15, 0.2) is 94.1 Å². The molecule has 5 nitrogen and oxygen atoms in total. The van der Waals surface area contributed by atoms with Crippen LogP contribution in [0, 0.1) is 10.8 Å². The van der Waals surface area contributed by atoms with E-state index in [2.05, 4.69) is 29.8 Å². The summed E-state index contributed by atoms with van der Waals surface area (Å²) in [6, 6.07) is 22.0. The third-order valence-corrected chi connectivity index (χ3v) is 7.96. The van der Waals surface area contributed by atoms with Crippen molar-refractivity contribution in [2.45, 2.75) is 32.6 Å². The molecule has 1 heterocycles. The highest BCUT2D eigenvalue weighted by Crippen LogP contribution is 2.52. The highest BCUT2D eigenvalue weighted by atomic mass is 79.9. The number of anilines is 1. The molecule has 1 aliphatic heterocycles. The van der Waals surface area contributed by atoms with Gasteiger partial charge in [0.15, 0.2) is 5.78 Å². The number of benzene rings is 3. The van der Waals surface area contributed by atoms with E-state index in [4.69, 9.17) is 16.3 Å². The summed E-state index contributed by atoms with van der Waals surface area (Å²) in [6.07, 6.45) is 0.962. The van der Waals surface area contributed by atoms with E-state index in [9.17, 15) is 15.3 Å². The van der Waals surface area contributed by atoms with Crippen molar-refractivity contribution < 1.29 is 14.6 Å². The van der Waals surface area contributed by atoms with Gasteiger partial charge in [0, 0.05) is 49.9 Å². The topological polar surface area (TPSA) is 73.6 Å². The van der Waals surface area contributed by atoms with Crippen LogP contribution in [0.4, 0.5) is 5.69 Å². The van der Waals surface area contributed by atoms with Crippen molar-refractivity contribution in [2.75, 3.05) is 12.0 Å². The van der Waals surface area contributed by atoms with E-state index in [1.165, 1.54) is 0 Å². The number of carbonyl (C=O) groups excluding carboxylic acids is 1. The van der Waals surface area contributed by atoms with Crippen LogP contribution in [-0.2, 0) is 4.79 Å². The van der Waals surface area contributed by atoms with Crippen molar-refractivity contribution in [2.24, 2.45) is 5.41 Å². The van der Waals surface area contributed by atoms with Crippen LogP contribution in [0.25, 0.3) is 5.76 Å². The Kier molecular flexibility index (Phi) is 6.97. The van der Waals surface area contributed by atoms with Gasteiger partial charge >= 0.3 is 0 Å². The summed E-state index contributed by atoms with van der Waals surface area (Å²) in [4.78, 5) is 15.8. The van der Waals surface area contributed by atoms with Crippen molar-refractivity contribution in [3.05, 3.63) is 110 Å². The van der Waals surface area contributed by atoms with E-state index >= 15 is 0 Å². The van der Waals surface area contributed by atoms with E-state index in [1.807, 2.05) is 42.5 Å². The highest BCUT2D eigenvalue weighted by Gasteiger charge is 2.47. The first-order valence-corrected chi connectivity index (χ1v) is 13.5. The molecule has 0 fully saturated rings. The minimum Gasteiger partial charge on any atom is -0.507 e. The fourth-order valence-corrected chi connectivity index (χ4v) is 6.07. The van der Waals surface area contributed by atoms with Crippen LogP contribution in [0.1, 0.15) is 43.7 Å². The predicted molar refractivity (Wildman–Crippen MR) is 156 cm³/mol. The SMILES string of the molecule is COc1ccc(/C(O)=C2\C(=N)N(c3cccc(Br)c3)C3=C(C(=O)CC(C)(C)C3)C2c2ccccc2Cl)cc1. The standard InChI is InChI=1S/C31H28BrClN2O3/c1-31(2)16-24-27(25(36)17-31)26(22-9-4-5-10-23(22)33)28(29(37)18-11-13-21(38-3)14-12-18)30(34)35(24)20-8-6-7-19(32)15-20/h4-15,26,34,37H,16-17H2,1-3H3/b29-28+,34-30?. The Morgan fingerprint density at radius 3 is 2.45 bits per heavy atom. The van der Waals surface area contributed by atoms with Gasteiger partial charge in [0.1, 0.15) is 17.3 Å². The second-order valence-corrected chi connectivity index (χ2v) is 11.7. The quantitative estimate of drug-likeness (QED) is 0.299. The van der Waals surface area contributed by atoms with Crippen molar-refractivity contribution in [1.82, 2.24) is 0 Å². The fourth-order valence-electron chi connectivity index (χ4n) is 5.44. The van der Waals surface area contributed by atoms with Gasteiger partial charge in [0.25, 0.3) is 0 Å². The van der Waals surface area contributed by atoms with E-state index in [0.29, 0.717) is 45.9 Å². The largest absolute Gasteiger partial charge is 0.507 e. The average Bonchev–Trinajstić information content (AvgIpc) is 2.87. The normalized spacial score (nSPS) is 20.3. The zero-order valence-electron chi connectivity index (χ0n) is 21.4.